The van der Waals surface area contributed by atoms with Crippen molar-refractivity contribution in [3.8, 4) is 0 Å². The van der Waals surface area contributed by atoms with Gasteiger partial charge in [-0.1, -0.05) is 5.16 Å². The molecule has 1 fully saturated rings. The summed E-state index contributed by atoms with van der Waals surface area (Å²) in [4.78, 5) is 18.7. The quantitative estimate of drug-likeness (QED) is 0.881. The van der Waals surface area contributed by atoms with Crippen LogP contribution in [0, 0.1) is 6.92 Å². The fourth-order valence-electron chi connectivity index (χ4n) is 2.76. The smallest absolute Gasteiger partial charge is 0.317 e. The molecule has 1 saturated heterocycles. The van der Waals surface area contributed by atoms with Crippen molar-refractivity contribution in [3.05, 3.63) is 17.5 Å². The number of likely N-dealkylation sites (N-methyl/N-ethyl adjacent to an activating group) is 1. The lowest BCUT2D eigenvalue weighted by Gasteiger charge is -2.43. The van der Waals surface area contributed by atoms with Crippen molar-refractivity contribution >= 4 is 6.03 Å². The van der Waals surface area contributed by atoms with Crippen LogP contribution in [-0.2, 0) is 6.54 Å². The number of aromatic nitrogens is 1. The topological polar surface area (TPSA) is 64.9 Å². The number of hydrogen-bond acceptors (Lipinski definition) is 5. The van der Waals surface area contributed by atoms with E-state index in [1.54, 1.807) is 11.9 Å². The first-order chi connectivity index (χ1) is 10.8. The molecule has 2 rings (SSSR count). The second kappa shape index (κ2) is 7.31. The standard InChI is InChI=1S/C16H29N5O2/c1-13-10-14(18-23-13)11-20(5)15(22)17-12-16(2,3)21-8-6-19(4)7-9-21/h10H,6-9,11-12H2,1-5H3,(H,17,22). The van der Waals surface area contributed by atoms with E-state index in [1.807, 2.05) is 13.0 Å². The highest BCUT2D eigenvalue weighted by atomic mass is 16.5. The van der Waals surface area contributed by atoms with Crippen LogP contribution in [0.5, 0.6) is 0 Å². The predicted octanol–water partition coefficient (Wildman–Crippen LogP) is 1.15. The Hall–Kier alpha value is -1.60. The Kier molecular flexibility index (Phi) is 5.64. The fraction of sp³-hybridized carbons (Fsp3) is 0.750. The van der Waals surface area contributed by atoms with Crippen LogP contribution in [0.2, 0.25) is 0 Å². The van der Waals surface area contributed by atoms with Gasteiger partial charge in [-0.25, -0.2) is 4.79 Å². The summed E-state index contributed by atoms with van der Waals surface area (Å²) in [5, 5.41) is 6.95. The molecule has 1 aromatic heterocycles. The summed E-state index contributed by atoms with van der Waals surface area (Å²) in [6, 6.07) is 1.76. The van der Waals surface area contributed by atoms with Crippen molar-refractivity contribution < 1.29 is 9.32 Å². The van der Waals surface area contributed by atoms with Crippen molar-refractivity contribution in [1.29, 1.82) is 0 Å². The van der Waals surface area contributed by atoms with Gasteiger partial charge in [-0.2, -0.15) is 0 Å². The molecule has 1 N–H and O–H groups in total. The molecule has 0 aliphatic carbocycles. The van der Waals surface area contributed by atoms with Gasteiger partial charge in [0.25, 0.3) is 0 Å². The van der Waals surface area contributed by atoms with Gasteiger partial charge in [0, 0.05) is 51.4 Å². The van der Waals surface area contributed by atoms with E-state index in [9.17, 15) is 4.79 Å². The van der Waals surface area contributed by atoms with Crippen LogP contribution in [-0.4, -0.2) is 78.2 Å². The average molecular weight is 323 g/mol. The van der Waals surface area contributed by atoms with E-state index >= 15 is 0 Å². The zero-order valence-electron chi connectivity index (χ0n) is 14.9. The van der Waals surface area contributed by atoms with Gasteiger partial charge in [0.15, 0.2) is 0 Å². The summed E-state index contributed by atoms with van der Waals surface area (Å²) in [6.45, 7) is 11.5. The third kappa shape index (κ3) is 4.94. The number of carbonyl (C=O) groups is 1. The second-order valence-corrected chi connectivity index (χ2v) is 7.05. The minimum absolute atomic E-state index is 0.0533. The summed E-state index contributed by atoms with van der Waals surface area (Å²) < 4.78 is 5.03. The van der Waals surface area contributed by atoms with Gasteiger partial charge in [0.2, 0.25) is 0 Å². The van der Waals surface area contributed by atoms with Gasteiger partial charge in [0.1, 0.15) is 11.5 Å². The third-order valence-corrected chi connectivity index (χ3v) is 4.45. The fourth-order valence-corrected chi connectivity index (χ4v) is 2.76. The van der Waals surface area contributed by atoms with Crippen molar-refractivity contribution in [2.24, 2.45) is 0 Å². The third-order valence-electron chi connectivity index (χ3n) is 4.45. The molecule has 0 bridgehead atoms. The zero-order chi connectivity index (χ0) is 17.0. The number of urea groups is 1. The lowest BCUT2D eigenvalue weighted by atomic mass is 10.0. The van der Waals surface area contributed by atoms with Gasteiger partial charge < -0.3 is 19.6 Å². The van der Waals surface area contributed by atoms with Gasteiger partial charge in [0.05, 0.1) is 6.54 Å². The number of nitrogens with zero attached hydrogens (tertiary/aromatic N) is 4. The van der Waals surface area contributed by atoms with Crippen molar-refractivity contribution in [2.75, 3.05) is 46.8 Å². The summed E-state index contributed by atoms with van der Waals surface area (Å²) in [6.07, 6.45) is 0. The molecule has 23 heavy (non-hydrogen) atoms. The molecule has 0 aromatic carbocycles. The highest BCUT2D eigenvalue weighted by Crippen LogP contribution is 2.16. The van der Waals surface area contributed by atoms with Gasteiger partial charge >= 0.3 is 6.03 Å². The Bertz CT molecular complexity index is 520. The first-order valence-corrected chi connectivity index (χ1v) is 8.13. The molecule has 0 spiro atoms. The van der Waals surface area contributed by atoms with Crippen LogP contribution in [0.25, 0.3) is 0 Å². The van der Waals surface area contributed by atoms with Crippen LogP contribution in [0.1, 0.15) is 25.3 Å². The Labute approximate surface area is 138 Å². The molecule has 0 saturated carbocycles. The van der Waals surface area contributed by atoms with E-state index in [2.05, 4.69) is 41.2 Å². The van der Waals surface area contributed by atoms with E-state index in [0.29, 0.717) is 13.1 Å². The van der Waals surface area contributed by atoms with E-state index in [0.717, 1.165) is 37.6 Å². The molecule has 1 aliphatic heterocycles. The summed E-state index contributed by atoms with van der Waals surface area (Å²) in [5.74, 6) is 0.755. The predicted molar refractivity (Wildman–Crippen MR) is 89.3 cm³/mol. The number of piperazine rings is 1. The molecule has 7 heteroatoms. The summed E-state index contributed by atoms with van der Waals surface area (Å²) in [7, 11) is 3.91. The Morgan fingerprint density at radius 2 is 2.04 bits per heavy atom. The Morgan fingerprint density at radius 1 is 1.39 bits per heavy atom. The molecule has 1 aliphatic rings. The SMILES string of the molecule is Cc1cc(CN(C)C(=O)NCC(C)(C)N2CCN(C)CC2)no1. The first-order valence-electron chi connectivity index (χ1n) is 8.13. The summed E-state index contributed by atoms with van der Waals surface area (Å²) >= 11 is 0. The molecule has 2 heterocycles. The molecule has 1 aromatic rings. The largest absolute Gasteiger partial charge is 0.361 e. The maximum absolute atomic E-state index is 12.3. The minimum atomic E-state index is -0.0899. The monoisotopic (exact) mass is 323 g/mol. The average Bonchev–Trinajstić information content (AvgIpc) is 2.90. The molecular weight excluding hydrogens is 294 g/mol. The minimum Gasteiger partial charge on any atom is -0.361 e. The maximum atomic E-state index is 12.3. The lowest BCUT2D eigenvalue weighted by molar-refractivity contribution is 0.0624. The Balaban J connectivity index is 1.80. The first kappa shape index (κ1) is 17.7. The molecular formula is C16H29N5O2. The number of amides is 2. The van der Waals surface area contributed by atoms with Crippen molar-refractivity contribution in [1.82, 2.24) is 25.2 Å². The van der Waals surface area contributed by atoms with Crippen LogP contribution in [0.15, 0.2) is 10.6 Å². The van der Waals surface area contributed by atoms with Gasteiger partial charge in [-0.15, -0.1) is 0 Å². The highest BCUT2D eigenvalue weighted by molar-refractivity contribution is 5.73. The summed E-state index contributed by atoms with van der Waals surface area (Å²) in [5.41, 5.74) is 0.709. The number of aryl methyl sites for hydroxylation is 1. The van der Waals surface area contributed by atoms with E-state index < -0.39 is 0 Å². The van der Waals surface area contributed by atoms with Crippen molar-refractivity contribution in [3.63, 3.8) is 0 Å². The molecule has 7 nitrogen and oxygen atoms in total. The normalized spacial score (nSPS) is 17.3. The molecule has 0 atom stereocenters. The number of nitrogens with one attached hydrogen (secondary N) is 1. The molecule has 0 unspecified atom stereocenters. The van der Waals surface area contributed by atoms with E-state index in [-0.39, 0.29) is 11.6 Å². The number of rotatable bonds is 5. The maximum Gasteiger partial charge on any atom is 0.317 e. The molecule has 2 amide bonds. The number of hydrogen-bond donors (Lipinski definition) is 1. The van der Waals surface area contributed by atoms with Crippen molar-refractivity contribution in [2.45, 2.75) is 32.9 Å². The van der Waals surface area contributed by atoms with Crippen LogP contribution in [0.4, 0.5) is 4.79 Å². The molecule has 130 valence electrons. The zero-order valence-corrected chi connectivity index (χ0v) is 14.9. The molecule has 0 radical (unpaired) electrons. The van der Waals surface area contributed by atoms with Gasteiger partial charge in [-0.3, -0.25) is 4.90 Å². The van der Waals surface area contributed by atoms with Crippen LogP contribution in [0.3, 0.4) is 0 Å². The lowest BCUT2D eigenvalue weighted by Crippen LogP contribution is -2.58. The van der Waals surface area contributed by atoms with E-state index in [1.165, 1.54) is 0 Å². The highest BCUT2D eigenvalue weighted by Gasteiger charge is 2.29. The second-order valence-electron chi connectivity index (χ2n) is 7.05. The van der Waals surface area contributed by atoms with Crippen LogP contribution >= 0.6 is 0 Å². The number of carbonyl (C=O) groups excluding carboxylic acids is 1. The van der Waals surface area contributed by atoms with E-state index in [4.69, 9.17) is 4.52 Å². The Morgan fingerprint density at radius 3 is 2.61 bits per heavy atom. The van der Waals surface area contributed by atoms with Gasteiger partial charge in [-0.05, 0) is 27.8 Å². The van der Waals surface area contributed by atoms with Crippen LogP contribution < -0.4 is 5.32 Å².